The molecule has 4 heteroatoms. The molecule has 1 fully saturated rings. The predicted octanol–water partition coefficient (Wildman–Crippen LogP) is 2.63. The van der Waals surface area contributed by atoms with Crippen molar-refractivity contribution in [3.63, 3.8) is 0 Å². The van der Waals surface area contributed by atoms with E-state index >= 15 is 0 Å². The van der Waals surface area contributed by atoms with E-state index in [0.29, 0.717) is 25.9 Å². The van der Waals surface area contributed by atoms with Gasteiger partial charge in [-0.15, -0.1) is 0 Å². The number of hydrogen-bond donors (Lipinski definition) is 1. The highest BCUT2D eigenvalue weighted by Gasteiger charge is 2.24. The fourth-order valence-corrected chi connectivity index (χ4v) is 2.44. The van der Waals surface area contributed by atoms with Gasteiger partial charge in [-0.25, -0.2) is 0 Å². The van der Waals surface area contributed by atoms with Gasteiger partial charge in [0.2, 0.25) is 0 Å². The molecule has 0 radical (unpaired) electrons. The van der Waals surface area contributed by atoms with E-state index in [2.05, 4.69) is 12.2 Å². The molecule has 118 valence electrons. The van der Waals surface area contributed by atoms with Crippen LogP contribution in [-0.4, -0.2) is 45.1 Å². The second kappa shape index (κ2) is 9.77. The summed E-state index contributed by atoms with van der Waals surface area (Å²) in [6.45, 7) is 6.06. The number of nitrogens with one attached hydrogen (secondary N) is 1. The molecule has 0 spiro atoms. The van der Waals surface area contributed by atoms with Gasteiger partial charge in [-0.2, -0.15) is 0 Å². The highest BCUT2D eigenvalue weighted by atomic mass is 16.6. The Kier molecular flexibility index (Phi) is 7.57. The molecule has 0 aromatic heterocycles. The van der Waals surface area contributed by atoms with Crippen molar-refractivity contribution in [2.45, 2.75) is 38.4 Å². The molecule has 1 aromatic carbocycles. The summed E-state index contributed by atoms with van der Waals surface area (Å²) in [6.07, 6.45) is 3.99. The van der Waals surface area contributed by atoms with Gasteiger partial charge in [0.25, 0.3) is 0 Å². The molecular weight excluding hydrogens is 266 g/mol. The van der Waals surface area contributed by atoms with Crippen molar-refractivity contribution in [3.8, 4) is 5.75 Å². The van der Waals surface area contributed by atoms with Crippen molar-refractivity contribution in [1.29, 1.82) is 0 Å². The number of benzene rings is 1. The first kappa shape index (κ1) is 16.3. The van der Waals surface area contributed by atoms with E-state index in [-0.39, 0.29) is 6.10 Å². The van der Waals surface area contributed by atoms with Crippen LogP contribution in [0.1, 0.15) is 26.2 Å². The summed E-state index contributed by atoms with van der Waals surface area (Å²) in [5.74, 6) is 0.889. The maximum absolute atomic E-state index is 5.94. The normalized spacial score (nSPS) is 21.6. The van der Waals surface area contributed by atoms with Crippen LogP contribution < -0.4 is 10.1 Å². The van der Waals surface area contributed by atoms with E-state index in [1.165, 1.54) is 6.42 Å². The van der Waals surface area contributed by atoms with E-state index < -0.39 is 0 Å². The van der Waals surface area contributed by atoms with Crippen LogP contribution in [0.15, 0.2) is 30.3 Å². The van der Waals surface area contributed by atoms with E-state index in [4.69, 9.17) is 14.2 Å². The van der Waals surface area contributed by atoms with Crippen molar-refractivity contribution >= 4 is 0 Å². The molecule has 0 amide bonds. The summed E-state index contributed by atoms with van der Waals surface area (Å²) in [6, 6.07) is 9.82. The van der Waals surface area contributed by atoms with E-state index in [1.54, 1.807) is 0 Å². The predicted molar refractivity (Wildman–Crippen MR) is 83.8 cm³/mol. The quantitative estimate of drug-likeness (QED) is 0.673. The molecule has 2 unspecified atom stereocenters. The third-order valence-electron chi connectivity index (χ3n) is 3.54. The van der Waals surface area contributed by atoms with Gasteiger partial charge in [-0.05, 0) is 37.9 Å². The van der Waals surface area contributed by atoms with Gasteiger partial charge in [-0.3, -0.25) is 0 Å². The Morgan fingerprint density at radius 2 is 1.95 bits per heavy atom. The molecule has 21 heavy (non-hydrogen) atoms. The number of rotatable bonds is 10. The second-order valence-corrected chi connectivity index (χ2v) is 5.40. The van der Waals surface area contributed by atoms with Crippen LogP contribution in [0.2, 0.25) is 0 Å². The Morgan fingerprint density at radius 3 is 2.76 bits per heavy atom. The molecule has 0 bridgehead atoms. The SMILES string of the molecule is CCCNCC1CCC(COCCOc2ccccc2)O1. The molecule has 2 atom stereocenters. The van der Waals surface area contributed by atoms with Gasteiger partial charge in [0, 0.05) is 6.54 Å². The largest absolute Gasteiger partial charge is 0.491 e. The minimum Gasteiger partial charge on any atom is -0.491 e. The van der Waals surface area contributed by atoms with Gasteiger partial charge in [-0.1, -0.05) is 25.1 Å². The molecular formula is C17H27NO3. The first-order chi connectivity index (χ1) is 10.4. The summed E-state index contributed by atoms with van der Waals surface area (Å²) in [4.78, 5) is 0. The van der Waals surface area contributed by atoms with Crippen LogP contribution in [-0.2, 0) is 9.47 Å². The number of hydrogen-bond acceptors (Lipinski definition) is 4. The standard InChI is InChI=1S/C17H27NO3/c1-2-10-18-13-16-8-9-17(21-16)14-19-11-12-20-15-6-4-3-5-7-15/h3-7,16-18H,2,8-14H2,1H3. The van der Waals surface area contributed by atoms with Crippen LogP contribution in [0, 0.1) is 0 Å². The van der Waals surface area contributed by atoms with Crippen LogP contribution in [0.5, 0.6) is 5.75 Å². The number of para-hydroxylation sites is 1. The van der Waals surface area contributed by atoms with E-state index in [0.717, 1.165) is 31.7 Å². The summed E-state index contributed by atoms with van der Waals surface area (Å²) < 4.78 is 17.2. The Balaban J connectivity index is 1.48. The zero-order valence-electron chi connectivity index (χ0n) is 12.9. The fraction of sp³-hybridized carbons (Fsp3) is 0.647. The van der Waals surface area contributed by atoms with Crippen molar-refractivity contribution in [2.24, 2.45) is 0 Å². The molecule has 4 nitrogen and oxygen atoms in total. The Hall–Kier alpha value is -1.10. The summed E-state index contributed by atoms with van der Waals surface area (Å²) in [5, 5.41) is 3.41. The minimum absolute atomic E-state index is 0.246. The first-order valence-corrected chi connectivity index (χ1v) is 8.00. The van der Waals surface area contributed by atoms with Gasteiger partial charge >= 0.3 is 0 Å². The highest BCUT2D eigenvalue weighted by molar-refractivity contribution is 5.20. The molecule has 0 aliphatic carbocycles. The summed E-state index contributed by atoms with van der Waals surface area (Å²) in [7, 11) is 0. The zero-order chi connectivity index (χ0) is 14.8. The monoisotopic (exact) mass is 293 g/mol. The zero-order valence-corrected chi connectivity index (χ0v) is 12.9. The van der Waals surface area contributed by atoms with Crippen LogP contribution >= 0.6 is 0 Å². The maximum atomic E-state index is 5.94. The van der Waals surface area contributed by atoms with Gasteiger partial charge < -0.3 is 19.5 Å². The highest BCUT2D eigenvalue weighted by Crippen LogP contribution is 2.19. The molecule has 1 aromatic rings. The maximum Gasteiger partial charge on any atom is 0.119 e. The third-order valence-corrected chi connectivity index (χ3v) is 3.54. The lowest BCUT2D eigenvalue weighted by Crippen LogP contribution is -2.28. The number of ether oxygens (including phenoxy) is 3. The Labute approximate surface area is 127 Å². The average molecular weight is 293 g/mol. The van der Waals surface area contributed by atoms with Crippen LogP contribution in [0.4, 0.5) is 0 Å². The lowest BCUT2D eigenvalue weighted by atomic mass is 10.2. The van der Waals surface area contributed by atoms with E-state index in [1.807, 2.05) is 30.3 Å². The second-order valence-electron chi connectivity index (χ2n) is 5.40. The molecule has 1 heterocycles. The minimum atomic E-state index is 0.246. The van der Waals surface area contributed by atoms with Crippen LogP contribution in [0.3, 0.4) is 0 Å². The molecule has 0 saturated carbocycles. The summed E-state index contributed by atoms with van der Waals surface area (Å²) in [5.41, 5.74) is 0. The molecule has 1 aliphatic rings. The smallest absolute Gasteiger partial charge is 0.119 e. The average Bonchev–Trinajstić information content (AvgIpc) is 2.96. The lowest BCUT2D eigenvalue weighted by Gasteiger charge is -2.14. The third kappa shape index (κ3) is 6.46. The molecule has 1 N–H and O–H groups in total. The van der Waals surface area contributed by atoms with Crippen molar-refractivity contribution in [3.05, 3.63) is 30.3 Å². The van der Waals surface area contributed by atoms with Crippen molar-refractivity contribution in [1.82, 2.24) is 5.32 Å². The lowest BCUT2D eigenvalue weighted by molar-refractivity contribution is -0.0193. The topological polar surface area (TPSA) is 39.7 Å². The van der Waals surface area contributed by atoms with E-state index in [9.17, 15) is 0 Å². The van der Waals surface area contributed by atoms with Crippen molar-refractivity contribution in [2.75, 3.05) is 32.9 Å². The van der Waals surface area contributed by atoms with Crippen molar-refractivity contribution < 1.29 is 14.2 Å². The first-order valence-electron chi connectivity index (χ1n) is 8.00. The molecule has 2 rings (SSSR count). The van der Waals surface area contributed by atoms with Gasteiger partial charge in [0.1, 0.15) is 12.4 Å². The Morgan fingerprint density at radius 1 is 1.14 bits per heavy atom. The Bertz CT molecular complexity index is 372. The van der Waals surface area contributed by atoms with Crippen LogP contribution in [0.25, 0.3) is 0 Å². The fourth-order valence-electron chi connectivity index (χ4n) is 2.44. The molecule has 1 saturated heterocycles. The van der Waals surface area contributed by atoms with Gasteiger partial charge in [0.05, 0.1) is 25.4 Å². The molecule has 1 aliphatic heterocycles. The van der Waals surface area contributed by atoms with Gasteiger partial charge in [0.15, 0.2) is 0 Å². The summed E-state index contributed by atoms with van der Waals surface area (Å²) >= 11 is 0.